The van der Waals surface area contributed by atoms with Crippen LogP contribution in [-0.2, 0) is 6.42 Å². The second kappa shape index (κ2) is 6.40. The molecule has 2 rings (SSSR count). The van der Waals surface area contributed by atoms with Gasteiger partial charge in [0.1, 0.15) is 0 Å². The number of benzene rings is 2. The Balaban J connectivity index is 2.28. The highest BCUT2D eigenvalue weighted by Crippen LogP contribution is 2.31. The van der Waals surface area contributed by atoms with E-state index in [1.165, 1.54) is 11.1 Å². The molecule has 1 atom stereocenters. The van der Waals surface area contributed by atoms with Crippen LogP contribution in [0.15, 0.2) is 42.5 Å². The van der Waals surface area contributed by atoms with E-state index >= 15 is 0 Å². The van der Waals surface area contributed by atoms with E-state index in [-0.39, 0.29) is 6.04 Å². The molecule has 0 radical (unpaired) electrons. The van der Waals surface area contributed by atoms with Crippen LogP contribution in [0, 0.1) is 6.92 Å². The molecule has 2 aromatic carbocycles. The molecule has 0 fully saturated rings. The quantitative estimate of drug-likeness (QED) is 0.659. The van der Waals surface area contributed by atoms with Gasteiger partial charge in [0, 0.05) is 0 Å². The van der Waals surface area contributed by atoms with Crippen molar-refractivity contribution in [3.05, 3.63) is 69.2 Å². The van der Waals surface area contributed by atoms with Crippen molar-refractivity contribution >= 4 is 23.2 Å². The number of hydrazine groups is 1. The molecule has 1 unspecified atom stereocenters. The lowest BCUT2D eigenvalue weighted by molar-refractivity contribution is 0.552. The van der Waals surface area contributed by atoms with Crippen LogP contribution in [0.5, 0.6) is 0 Å². The van der Waals surface area contributed by atoms with Crippen LogP contribution in [0.1, 0.15) is 22.7 Å². The molecule has 0 saturated carbocycles. The van der Waals surface area contributed by atoms with E-state index in [0.717, 1.165) is 12.0 Å². The Kier molecular flexibility index (Phi) is 4.83. The van der Waals surface area contributed by atoms with E-state index in [4.69, 9.17) is 29.0 Å². The first-order valence-corrected chi connectivity index (χ1v) is 6.83. The van der Waals surface area contributed by atoms with Crippen molar-refractivity contribution in [1.82, 2.24) is 5.43 Å². The molecule has 19 heavy (non-hydrogen) atoms. The first-order chi connectivity index (χ1) is 9.11. The molecule has 0 spiro atoms. The monoisotopic (exact) mass is 294 g/mol. The van der Waals surface area contributed by atoms with Gasteiger partial charge in [-0.15, -0.1) is 0 Å². The van der Waals surface area contributed by atoms with Gasteiger partial charge < -0.3 is 0 Å². The first kappa shape index (κ1) is 14.4. The van der Waals surface area contributed by atoms with Gasteiger partial charge in [-0.3, -0.25) is 11.3 Å². The van der Waals surface area contributed by atoms with Gasteiger partial charge in [0.15, 0.2) is 0 Å². The zero-order valence-corrected chi connectivity index (χ0v) is 12.2. The van der Waals surface area contributed by atoms with Crippen molar-refractivity contribution in [3.8, 4) is 0 Å². The predicted octanol–water partition coefficient (Wildman–Crippen LogP) is 4.05. The molecule has 100 valence electrons. The molecule has 0 bridgehead atoms. The van der Waals surface area contributed by atoms with E-state index in [1.807, 2.05) is 18.2 Å². The number of hydrogen-bond donors (Lipinski definition) is 2. The average Bonchev–Trinajstić information content (AvgIpc) is 2.40. The molecular formula is C15H16Cl2N2. The Morgan fingerprint density at radius 2 is 1.89 bits per heavy atom. The molecule has 3 N–H and O–H groups in total. The SMILES string of the molecule is Cc1cccc(CC(NN)c2cccc(Cl)c2Cl)c1. The average molecular weight is 295 g/mol. The zero-order chi connectivity index (χ0) is 13.8. The van der Waals surface area contributed by atoms with Gasteiger partial charge in [0.25, 0.3) is 0 Å². The number of aryl methyl sites for hydroxylation is 1. The van der Waals surface area contributed by atoms with Gasteiger partial charge in [0.05, 0.1) is 16.1 Å². The summed E-state index contributed by atoms with van der Waals surface area (Å²) >= 11 is 12.3. The van der Waals surface area contributed by atoms with Gasteiger partial charge in [-0.2, -0.15) is 0 Å². The van der Waals surface area contributed by atoms with E-state index in [0.29, 0.717) is 10.0 Å². The molecule has 0 aromatic heterocycles. The van der Waals surface area contributed by atoms with Crippen molar-refractivity contribution in [2.24, 2.45) is 5.84 Å². The summed E-state index contributed by atoms with van der Waals surface area (Å²) in [6.07, 6.45) is 0.762. The minimum atomic E-state index is -0.0620. The zero-order valence-electron chi connectivity index (χ0n) is 10.7. The fourth-order valence-corrected chi connectivity index (χ4v) is 2.56. The van der Waals surface area contributed by atoms with Gasteiger partial charge in [-0.05, 0) is 30.5 Å². The molecule has 4 heteroatoms. The van der Waals surface area contributed by atoms with Crippen LogP contribution in [-0.4, -0.2) is 0 Å². The third kappa shape index (κ3) is 3.48. The van der Waals surface area contributed by atoms with Crippen LogP contribution in [0.25, 0.3) is 0 Å². The summed E-state index contributed by atoms with van der Waals surface area (Å²) in [6.45, 7) is 2.07. The van der Waals surface area contributed by atoms with Crippen LogP contribution < -0.4 is 11.3 Å². The lowest BCUT2D eigenvalue weighted by Crippen LogP contribution is -2.29. The van der Waals surface area contributed by atoms with E-state index < -0.39 is 0 Å². The Hall–Kier alpha value is -1.06. The molecule has 2 aromatic rings. The van der Waals surface area contributed by atoms with Crippen molar-refractivity contribution < 1.29 is 0 Å². The normalized spacial score (nSPS) is 12.4. The maximum Gasteiger partial charge on any atom is 0.0640 e. The Bertz CT molecular complexity index is 570. The summed E-state index contributed by atoms with van der Waals surface area (Å²) in [6, 6.07) is 13.9. The van der Waals surface area contributed by atoms with Gasteiger partial charge in [0.2, 0.25) is 0 Å². The smallest absolute Gasteiger partial charge is 0.0640 e. The molecule has 0 aliphatic carbocycles. The van der Waals surface area contributed by atoms with Crippen molar-refractivity contribution in [3.63, 3.8) is 0 Å². The van der Waals surface area contributed by atoms with Gasteiger partial charge in [-0.25, -0.2) is 0 Å². The van der Waals surface area contributed by atoms with Crippen molar-refractivity contribution in [2.45, 2.75) is 19.4 Å². The third-order valence-electron chi connectivity index (χ3n) is 3.08. The molecule has 2 nitrogen and oxygen atoms in total. The van der Waals surface area contributed by atoms with Crippen LogP contribution in [0.2, 0.25) is 10.0 Å². The number of rotatable bonds is 4. The molecule has 0 aliphatic rings. The molecule has 0 aliphatic heterocycles. The summed E-state index contributed by atoms with van der Waals surface area (Å²) in [5.74, 6) is 5.66. The lowest BCUT2D eigenvalue weighted by atomic mass is 9.98. The molecule has 0 amide bonds. The second-order valence-electron chi connectivity index (χ2n) is 4.56. The Morgan fingerprint density at radius 1 is 1.16 bits per heavy atom. The van der Waals surface area contributed by atoms with Crippen molar-refractivity contribution in [2.75, 3.05) is 0 Å². The summed E-state index contributed by atoms with van der Waals surface area (Å²) in [5.41, 5.74) is 6.16. The lowest BCUT2D eigenvalue weighted by Gasteiger charge is -2.18. The highest BCUT2D eigenvalue weighted by molar-refractivity contribution is 6.42. The fraction of sp³-hybridized carbons (Fsp3) is 0.200. The minimum Gasteiger partial charge on any atom is -0.271 e. The van der Waals surface area contributed by atoms with Gasteiger partial charge in [-0.1, -0.05) is 65.2 Å². The van der Waals surface area contributed by atoms with E-state index in [9.17, 15) is 0 Å². The van der Waals surface area contributed by atoms with Gasteiger partial charge >= 0.3 is 0 Å². The van der Waals surface area contributed by atoms with E-state index in [1.54, 1.807) is 6.07 Å². The summed E-state index contributed by atoms with van der Waals surface area (Å²) < 4.78 is 0. The maximum atomic E-state index is 6.24. The Labute approximate surface area is 123 Å². The Morgan fingerprint density at radius 3 is 2.58 bits per heavy atom. The topological polar surface area (TPSA) is 38.0 Å². The summed E-state index contributed by atoms with van der Waals surface area (Å²) in [7, 11) is 0. The summed E-state index contributed by atoms with van der Waals surface area (Å²) in [4.78, 5) is 0. The van der Waals surface area contributed by atoms with Crippen LogP contribution in [0.3, 0.4) is 0 Å². The maximum absolute atomic E-state index is 6.24. The predicted molar refractivity (Wildman–Crippen MR) is 81.4 cm³/mol. The highest BCUT2D eigenvalue weighted by Gasteiger charge is 2.15. The highest BCUT2D eigenvalue weighted by atomic mass is 35.5. The molecule has 0 heterocycles. The number of nitrogens with one attached hydrogen (secondary N) is 1. The van der Waals surface area contributed by atoms with Crippen LogP contribution in [0.4, 0.5) is 0 Å². The first-order valence-electron chi connectivity index (χ1n) is 6.07. The largest absolute Gasteiger partial charge is 0.271 e. The fourth-order valence-electron chi connectivity index (χ4n) is 2.12. The van der Waals surface area contributed by atoms with Crippen molar-refractivity contribution in [1.29, 1.82) is 0 Å². The molecular weight excluding hydrogens is 279 g/mol. The molecule has 0 saturated heterocycles. The number of nitrogens with two attached hydrogens (primary N) is 1. The standard InChI is InChI=1S/C15H16Cl2N2/c1-10-4-2-5-11(8-10)9-14(19-18)12-6-3-7-13(16)15(12)17/h2-8,14,19H,9,18H2,1H3. The second-order valence-corrected chi connectivity index (χ2v) is 5.34. The number of halogens is 2. The summed E-state index contributed by atoms with van der Waals surface area (Å²) in [5, 5.41) is 1.10. The van der Waals surface area contributed by atoms with Crippen LogP contribution >= 0.6 is 23.2 Å². The minimum absolute atomic E-state index is 0.0620. The third-order valence-corrected chi connectivity index (χ3v) is 3.91. The number of hydrogen-bond acceptors (Lipinski definition) is 2. The van der Waals surface area contributed by atoms with E-state index in [2.05, 4.69) is 30.5 Å².